The van der Waals surface area contributed by atoms with E-state index in [1.807, 2.05) is 6.07 Å². The monoisotopic (exact) mass is 409 g/mol. The molecule has 2 aromatic rings. The quantitative estimate of drug-likeness (QED) is 0.220. The Kier molecular flexibility index (Phi) is 8.65. The molecule has 0 aromatic heterocycles. The third-order valence-electron chi connectivity index (χ3n) is 4.87. The lowest BCUT2D eigenvalue weighted by atomic mass is 9.96. The Labute approximate surface area is 177 Å². The molecule has 0 radical (unpaired) electrons. The van der Waals surface area contributed by atoms with Crippen LogP contribution >= 0.6 is 0 Å². The van der Waals surface area contributed by atoms with Crippen molar-refractivity contribution in [2.24, 2.45) is 11.5 Å². The van der Waals surface area contributed by atoms with Crippen molar-refractivity contribution in [3.63, 3.8) is 0 Å². The zero-order valence-electron chi connectivity index (χ0n) is 17.2. The number of phenols is 2. The average molecular weight is 410 g/mol. The van der Waals surface area contributed by atoms with E-state index in [0.717, 1.165) is 24.0 Å². The van der Waals surface area contributed by atoms with E-state index in [1.54, 1.807) is 36.4 Å². The van der Waals surface area contributed by atoms with Gasteiger partial charge < -0.3 is 27.0 Å². The molecular weight excluding hydrogens is 378 g/mol. The predicted octanol–water partition coefficient (Wildman–Crippen LogP) is 3.62. The molecule has 6 nitrogen and oxygen atoms in total. The third kappa shape index (κ3) is 5.95. The van der Waals surface area contributed by atoms with E-state index in [2.05, 4.69) is 18.5 Å². The summed E-state index contributed by atoms with van der Waals surface area (Å²) in [6, 6.07) is 7.98. The highest BCUT2D eigenvalue weighted by atomic mass is 16.3. The molecule has 0 saturated carbocycles. The minimum atomic E-state index is -0.685. The van der Waals surface area contributed by atoms with E-state index < -0.39 is 6.04 Å². The van der Waals surface area contributed by atoms with Crippen molar-refractivity contribution in [1.29, 1.82) is 0 Å². The summed E-state index contributed by atoms with van der Waals surface area (Å²) in [7, 11) is 0. The maximum Gasteiger partial charge on any atom is 0.241 e. The number of allylic oxidation sites excluding steroid dienone is 2. The lowest BCUT2D eigenvalue weighted by Gasteiger charge is -2.17. The summed E-state index contributed by atoms with van der Waals surface area (Å²) in [4.78, 5) is 12.5. The van der Waals surface area contributed by atoms with Crippen molar-refractivity contribution < 1.29 is 15.0 Å². The smallest absolute Gasteiger partial charge is 0.241 e. The van der Waals surface area contributed by atoms with E-state index in [4.69, 9.17) is 11.5 Å². The average Bonchev–Trinajstić information content (AvgIpc) is 2.72. The summed E-state index contributed by atoms with van der Waals surface area (Å²) in [5, 5.41) is 23.7. The van der Waals surface area contributed by atoms with Crippen LogP contribution in [-0.4, -0.2) is 28.7 Å². The molecule has 160 valence electrons. The van der Waals surface area contributed by atoms with E-state index in [1.165, 1.54) is 0 Å². The minimum Gasteiger partial charge on any atom is -0.508 e. The number of nitrogens with two attached hydrogens (primary N) is 2. The molecule has 0 aliphatic rings. The van der Waals surface area contributed by atoms with Crippen molar-refractivity contribution >= 4 is 11.6 Å². The number of phenolic OH excluding ortho intramolecular Hbond substituents is 2. The molecule has 1 amide bonds. The van der Waals surface area contributed by atoms with Crippen LogP contribution in [0.5, 0.6) is 11.5 Å². The molecule has 1 atom stereocenters. The second-order valence-corrected chi connectivity index (χ2v) is 7.25. The summed E-state index contributed by atoms with van der Waals surface area (Å²) < 4.78 is 0. The normalized spacial score (nSPS) is 11.7. The van der Waals surface area contributed by atoms with E-state index in [9.17, 15) is 15.0 Å². The first-order valence-corrected chi connectivity index (χ1v) is 10.1. The van der Waals surface area contributed by atoms with Crippen LogP contribution in [0.15, 0.2) is 55.6 Å². The molecule has 6 heteroatoms. The Bertz CT molecular complexity index is 909. The van der Waals surface area contributed by atoms with Gasteiger partial charge in [0.25, 0.3) is 0 Å². The SMILES string of the molecule is C=CCc1cc(NC(=O)C(N)CCCCN)c(O)c(-c2ccc(O)c(CC=C)c2)c1. The maximum absolute atomic E-state index is 12.5. The van der Waals surface area contributed by atoms with Crippen molar-refractivity contribution in [3.05, 3.63) is 66.8 Å². The molecule has 0 saturated heterocycles. The number of anilines is 1. The molecule has 0 aliphatic heterocycles. The number of nitrogens with one attached hydrogen (secondary N) is 1. The molecule has 30 heavy (non-hydrogen) atoms. The molecule has 1 unspecified atom stereocenters. The number of amides is 1. The molecule has 7 N–H and O–H groups in total. The fourth-order valence-corrected chi connectivity index (χ4v) is 3.23. The number of benzene rings is 2. The van der Waals surface area contributed by atoms with Crippen LogP contribution < -0.4 is 16.8 Å². The third-order valence-corrected chi connectivity index (χ3v) is 4.87. The van der Waals surface area contributed by atoms with Crippen molar-refractivity contribution in [2.45, 2.75) is 38.1 Å². The lowest BCUT2D eigenvalue weighted by molar-refractivity contribution is -0.117. The summed E-state index contributed by atoms with van der Waals surface area (Å²) >= 11 is 0. The zero-order valence-corrected chi connectivity index (χ0v) is 17.2. The second kappa shape index (κ2) is 11.2. The van der Waals surface area contributed by atoms with Gasteiger partial charge in [0, 0.05) is 5.56 Å². The Morgan fingerprint density at radius 3 is 2.50 bits per heavy atom. The van der Waals surface area contributed by atoms with Gasteiger partial charge in [-0.25, -0.2) is 0 Å². The molecule has 0 spiro atoms. The standard InChI is InChI=1S/C24H31N3O3/c1-3-7-16-13-19(17-10-11-22(28)18(15-17)8-4-2)23(29)21(14-16)27-24(30)20(26)9-5-6-12-25/h3-4,10-11,13-15,20,28-29H,1-2,5-9,12,25-26H2,(H,27,30). The molecule has 0 heterocycles. The first kappa shape index (κ1) is 23.2. The topological polar surface area (TPSA) is 122 Å². The van der Waals surface area contributed by atoms with Gasteiger partial charge in [-0.3, -0.25) is 4.79 Å². The van der Waals surface area contributed by atoms with Crippen LogP contribution in [0.3, 0.4) is 0 Å². The number of hydrogen-bond donors (Lipinski definition) is 5. The number of carbonyl (C=O) groups excluding carboxylic acids is 1. The Morgan fingerprint density at radius 2 is 1.83 bits per heavy atom. The highest BCUT2D eigenvalue weighted by molar-refractivity contribution is 5.97. The summed E-state index contributed by atoms with van der Waals surface area (Å²) in [5.41, 5.74) is 14.6. The zero-order chi connectivity index (χ0) is 22.1. The van der Waals surface area contributed by atoms with Gasteiger partial charge in [-0.05, 0) is 73.2 Å². The molecule has 0 fully saturated rings. The van der Waals surface area contributed by atoms with Gasteiger partial charge >= 0.3 is 0 Å². The first-order chi connectivity index (χ1) is 14.4. The van der Waals surface area contributed by atoms with Gasteiger partial charge in [0.15, 0.2) is 0 Å². The number of carbonyl (C=O) groups is 1. The van der Waals surface area contributed by atoms with Crippen LogP contribution in [0.1, 0.15) is 30.4 Å². The predicted molar refractivity (Wildman–Crippen MR) is 123 cm³/mol. The Hall–Kier alpha value is -3.09. The van der Waals surface area contributed by atoms with Crippen LogP contribution in [0.4, 0.5) is 5.69 Å². The Balaban J connectivity index is 2.40. The second-order valence-electron chi connectivity index (χ2n) is 7.25. The minimum absolute atomic E-state index is 0.0550. The van der Waals surface area contributed by atoms with Crippen molar-refractivity contribution in [3.8, 4) is 22.6 Å². The summed E-state index contributed by atoms with van der Waals surface area (Å²) in [6.07, 6.45) is 6.60. The van der Waals surface area contributed by atoms with Crippen LogP contribution in [0.2, 0.25) is 0 Å². The van der Waals surface area contributed by atoms with E-state index >= 15 is 0 Å². The van der Waals surface area contributed by atoms with Crippen LogP contribution in [0, 0.1) is 0 Å². The fraction of sp³-hybridized carbons (Fsp3) is 0.292. The van der Waals surface area contributed by atoms with Crippen molar-refractivity contribution in [2.75, 3.05) is 11.9 Å². The summed E-state index contributed by atoms with van der Waals surface area (Å²) in [5.74, 6) is -0.250. The maximum atomic E-state index is 12.5. The fourth-order valence-electron chi connectivity index (χ4n) is 3.23. The molecule has 0 aliphatic carbocycles. The highest BCUT2D eigenvalue weighted by Gasteiger charge is 2.18. The van der Waals surface area contributed by atoms with Crippen LogP contribution in [0.25, 0.3) is 11.1 Å². The highest BCUT2D eigenvalue weighted by Crippen LogP contribution is 2.38. The largest absolute Gasteiger partial charge is 0.508 e. The van der Waals surface area contributed by atoms with Crippen molar-refractivity contribution in [1.82, 2.24) is 0 Å². The van der Waals surface area contributed by atoms with Gasteiger partial charge in [-0.2, -0.15) is 0 Å². The molecule has 2 aromatic carbocycles. The van der Waals surface area contributed by atoms with E-state index in [0.29, 0.717) is 42.6 Å². The van der Waals surface area contributed by atoms with Gasteiger partial charge in [-0.1, -0.05) is 24.6 Å². The van der Waals surface area contributed by atoms with Gasteiger partial charge in [0.1, 0.15) is 11.5 Å². The number of unbranched alkanes of at least 4 members (excludes halogenated alkanes) is 1. The number of aromatic hydroxyl groups is 2. The summed E-state index contributed by atoms with van der Waals surface area (Å²) in [6.45, 7) is 8.03. The van der Waals surface area contributed by atoms with Gasteiger partial charge in [0.2, 0.25) is 5.91 Å². The van der Waals surface area contributed by atoms with Gasteiger partial charge in [0.05, 0.1) is 11.7 Å². The molecular formula is C24H31N3O3. The first-order valence-electron chi connectivity index (χ1n) is 10.1. The molecule has 2 rings (SSSR count). The Morgan fingerprint density at radius 1 is 1.10 bits per heavy atom. The lowest BCUT2D eigenvalue weighted by Crippen LogP contribution is -2.35. The van der Waals surface area contributed by atoms with Crippen LogP contribution in [-0.2, 0) is 17.6 Å². The van der Waals surface area contributed by atoms with E-state index in [-0.39, 0.29) is 17.4 Å². The molecule has 0 bridgehead atoms. The van der Waals surface area contributed by atoms with Gasteiger partial charge in [-0.15, -0.1) is 13.2 Å². The number of hydrogen-bond acceptors (Lipinski definition) is 5. The number of rotatable bonds is 11.